The molecule has 0 aromatic carbocycles. The Kier molecular flexibility index (Phi) is 5.78. The molecule has 1 aromatic heterocycles. The number of nitrogens with one attached hydrogen (secondary N) is 1. The predicted octanol–water partition coefficient (Wildman–Crippen LogP) is 0.665. The van der Waals surface area contributed by atoms with Gasteiger partial charge in [-0.25, -0.2) is 0 Å². The molecule has 1 aromatic rings. The van der Waals surface area contributed by atoms with Crippen LogP contribution in [0.5, 0.6) is 0 Å². The Morgan fingerprint density at radius 2 is 1.82 bits per heavy atom. The van der Waals surface area contributed by atoms with Crippen LogP contribution in [0.25, 0.3) is 0 Å². The largest absolute Gasteiger partial charge is 0.314 e. The molecule has 0 radical (unpaired) electrons. The Morgan fingerprint density at radius 3 is 2.45 bits per heavy atom. The van der Waals surface area contributed by atoms with Crippen molar-refractivity contribution in [3.63, 3.8) is 0 Å². The van der Waals surface area contributed by atoms with Crippen molar-refractivity contribution in [1.29, 1.82) is 0 Å². The van der Waals surface area contributed by atoms with Crippen LogP contribution in [0.2, 0.25) is 0 Å². The van der Waals surface area contributed by atoms with E-state index in [4.69, 9.17) is 0 Å². The number of hydrogen-bond donors (Lipinski definition) is 1. The summed E-state index contributed by atoms with van der Waals surface area (Å²) >= 11 is 0. The number of likely N-dealkylation sites (N-methyl/N-ethyl adjacent to an activating group) is 1. The maximum absolute atomic E-state index is 4.66. The fourth-order valence-corrected chi connectivity index (χ4v) is 3.50. The van der Waals surface area contributed by atoms with Gasteiger partial charge in [-0.15, -0.1) is 0 Å². The van der Waals surface area contributed by atoms with E-state index in [0.29, 0.717) is 6.04 Å². The third kappa shape index (κ3) is 4.04. The Bertz CT molecular complexity index is 424. The van der Waals surface area contributed by atoms with Crippen LogP contribution < -0.4 is 5.32 Å². The first-order valence-electron chi connectivity index (χ1n) is 8.67. The molecule has 22 heavy (non-hydrogen) atoms. The Balaban J connectivity index is 1.68. The lowest BCUT2D eigenvalue weighted by Gasteiger charge is -2.41. The fourth-order valence-electron chi connectivity index (χ4n) is 3.50. The molecule has 122 valence electrons. The highest BCUT2D eigenvalue weighted by atomic mass is 15.3. The molecule has 5 nitrogen and oxygen atoms in total. The highest BCUT2D eigenvalue weighted by Gasteiger charge is 2.27. The van der Waals surface area contributed by atoms with Gasteiger partial charge in [-0.2, -0.15) is 0 Å². The monoisotopic (exact) mass is 303 g/mol. The summed E-state index contributed by atoms with van der Waals surface area (Å²) < 4.78 is 0. The van der Waals surface area contributed by atoms with Gasteiger partial charge in [0.2, 0.25) is 0 Å². The zero-order valence-electron chi connectivity index (χ0n) is 13.7. The van der Waals surface area contributed by atoms with Crippen molar-refractivity contribution in [3.8, 4) is 0 Å². The van der Waals surface area contributed by atoms with Crippen molar-refractivity contribution in [2.75, 3.05) is 65.4 Å². The molecule has 3 rings (SSSR count). The summed E-state index contributed by atoms with van der Waals surface area (Å²) in [6.45, 7) is 13.7. The second-order valence-electron chi connectivity index (χ2n) is 6.29. The number of hydrogen-bond acceptors (Lipinski definition) is 5. The van der Waals surface area contributed by atoms with Gasteiger partial charge in [-0.1, -0.05) is 13.0 Å². The fraction of sp³-hybridized carbons (Fsp3) is 0.706. The third-order valence-corrected chi connectivity index (χ3v) is 4.96. The minimum Gasteiger partial charge on any atom is -0.314 e. The van der Waals surface area contributed by atoms with E-state index in [-0.39, 0.29) is 0 Å². The van der Waals surface area contributed by atoms with Gasteiger partial charge >= 0.3 is 0 Å². The minimum atomic E-state index is 0.429. The van der Waals surface area contributed by atoms with Crippen LogP contribution in [0.4, 0.5) is 0 Å². The van der Waals surface area contributed by atoms with Gasteiger partial charge in [0.1, 0.15) is 0 Å². The van der Waals surface area contributed by atoms with E-state index in [0.717, 1.165) is 45.8 Å². The van der Waals surface area contributed by atoms with Crippen LogP contribution in [0.1, 0.15) is 18.7 Å². The molecule has 5 heteroatoms. The highest BCUT2D eigenvalue weighted by molar-refractivity contribution is 5.10. The molecule has 0 spiro atoms. The van der Waals surface area contributed by atoms with Crippen molar-refractivity contribution in [2.24, 2.45) is 0 Å². The maximum Gasteiger partial charge on any atom is 0.0650 e. The Morgan fingerprint density at radius 1 is 1.05 bits per heavy atom. The summed E-state index contributed by atoms with van der Waals surface area (Å²) in [6, 6.07) is 6.76. The first-order valence-corrected chi connectivity index (χ1v) is 8.67. The second kappa shape index (κ2) is 8.02. The van der Waals surface area contributed by atoms with E-state index in [1.165, 1.54) is 25.3 Å². The summed E-state index contributed by atoms with van der Waals surface area (Å²) in [5.41, 5.74) is 1.23. The Labute approximate surface area is 134 Å². The number of pyridine rings is 1. The van der Waals surface area contributed by atoms with Crippen LogP contribution in [0.3, 0.4) is 0 Å². The number of nitrogens with zero attached hydrogens (tertiary/aromatic N) is 4. The van der Waals surface area contributed by atoms with E-state index in [2.05, 4.69) is 44.1 Å². The molecule has 3 heterocycles. The first kappa shape index (κ1) is 15.9. The third-order valence-electron chi connectivity index (χ3n) is 4.96. The predicted molar refractivity (Wildman–Crippen MR) is 90.0 cm³/mol. The van der Waals surface area contributed by atoms with Gasteiger partial charge in [0.25, 0.3) is 0 Å². The molecule has 1 N–H and O–H groups in total. The number of piperazine rings is 2. The molecule has 2 fully saturated rings. The Hall–Kier alpha value is -1.01. The van der Waals surface area contributed by atoms with Gasteiger partial charge in [0.05, 0.1) is 11.7 Å². The summed E-state index contributed by atoms with van der Waals surface area (Å²) in [5.74, 6) is 0. The molecule has 1 atom stereocenters. The second-order valence-corrected chi connectivity index (χ2v) is 6.29. The zero-order valence-corrected chi connectivity index (χ0v) is 13.7. The normalized spacial score (nSPS) is 23.5. The summed E-state index contributed by atoms with van der Waals surface area (Å²) in [6.07, 6.45) is 1.93. The number of rotatable bonds is 5. The van der Waals surface area contributed by atoms with Gasteiger partial charge in [-0.3, -0.25) is 14.8 Å². The van der Waals surface area contributed by atoms with Crippen molar-refractivity contribution < 1.29 is 0 Å². The average molecular weight is 303 g/mol. The zero-order chi connectivity index (χ0) is 15.2. The van der Waals surface area contributed by atoms with E-state index in [1.54, 1.807) is 0 Å². The van der Waals surface area contributed by atoms with Crippen LogP contribution in [-0.4, -0.2) is 85.1 Å². The van der Waals surface area contributed by atoms with Crippen LogP contribution in [-0.2, 0) is 0 Å². The standard InChI is InChI=1S/C17H29N5/c1-2-20-11-13-22(14-12-20)17(16-5-3-4-6-19-16)15-21-9-7-18-8-10-21/h3-6,17-18H,2,7-15H2,1H3. The van der Waals surface area contributed by atoms with E-state index in [1.807, 2.05) is 12.3 Å². The summed E-state index contributed by atoms with van der Waals surface area (Å²) in [4.78, 5) is 12.4. The van der Waals surface area contributed by atoms with Gasteiger partial charge < -0.3 is 10.2 Å². The first-order chi connectivity index (χ1) is 10.9. The molecule has 2 aliphatic heterocycles. The van der Waals surface area contributed by atoms with Crippen molar-refractivity contribution >= 4 is 0 Å². The van der Waals surface area contributed by atoms with Crippen LogP contribution >= 0.6 is 0 Å². The van der Waals surface area contributed by atoms with Gasteiger partial charge in [-0.05, 0) is 18.7 Å². The molecule has 2 saturated heterocycles. The lowest BCUT2D eigenvalue weighted by molar-refractivity contribution is 0.0719. The molecule has 0 bridgehead atoms. The average Bonchev–Trinajstić information content (AvgIpc) is 2.61. The molecular formula is C17H29N5. The SMILES string of the molecule is CCN1CCN(C(CN2CCNCC2)c2ccccn2)CC1. The summed E-state index contributed by atoms with van der Waals surface area (Å²) in [5, 5.41) is 3.44. The number of aromatic nitrogens is 1. The van der Waals surface area contributed by atoms with Crippen LogP contribution in [0, 0.1) is 0 Å². The van der Waals surface area contributed by atoms with E-state index >= 15 is 0 Å². The molecule has 0 saturated carbocycles. The molecule has 1 unspecified atom stereocenters. The van der Waals surface area contributed by atoms with Crippen molar-refractivity contribution in [3.05, 3.63) is 30.1 Å². The lowest BCUT2D eigenvalue weighted by atomic mass is 10.1. The van der Waals surface area contributed by atoms with E-state index < -0.39 is 0 Å². The van der Waals surface area contributed by atoms with Crippen molar-refractivity contribution in [2.45, 2.75) is 13.0 Å². The lowest BCUT2D eigenvalue weighted by Crippen LogP contribution is -2.52. The van der Waals surface area contributed by atoms with E-state index in [9.17, 15) is 0 Å². The van der Waals surface area contributed by atoms with Gasteiger partial charge in [0.15, 0.2) is 0 Å². The summed E-state index contributed by atoms with van der Waals surface area (Å²) in [7, 11) is 0. The van der Waals surface area contributed by atoms with Gasteiger partial charge in [0, 0.05) is 65.1 Å². The highest BCUT2D eigenvalue weighted by Crippen LogP contribution is 2.22. The quantitative estimate of drug-likeness (QED) is 0.865. The maximum atomic E-state index is 4.66. The smallest absolute Gasteiger partial charge is 0.0650 e. The molecule has 0 aliphatic carbocycles. The minimum absolute atomic E-state index is 0.429. The topological polar surface area (TPSA) is 34.6 Å². The molecule has 2 aliphatic rings. The molecule has 0 amide bonds. The van der Waals surface area contributed by atoms with Crippen molar-refractivity contribution in [1.82, 2.24) is 25.0 Å². The molecular weight excluding hydrogens is 274 g/mol. The van der Waals surface area contributed by atoms with Crippen LogP contribution in [0.15, 0.2) is 24.4 Å².